The molecule has 124 valence electrons. The van der Waals surface area contributed by atoms with Gasteiger partial charge in [-0.2, -0.15) is 0 Å². The number of urea groups is 1. The maximum absolute atomic E-state index is 12.9. The second-order valence-electron chi connectivity index (χ2n) is 7.34. The summed E-state index contributed by atoms with van der Waals surface area (Å²) in [6.45, 7) is 6.75. The molecule has 2 fully saturated rings. The molecule has 0 aromatic heterocycles. The molecule has 4 nitrogen and oxygen atoms in total. The molecule has 0 radical (unpaired) electrons. The van der Waals surface area contributed by atoms with Crippen LogP contribution in [-0.2, 0) is 11.3 Å². The van der Waals surface area contributed by atoms with Crippen molar-refractivity contribution in [2.45, 2.75) is 64.5 Å². The Labute approximate surface area is 138 Å². The van der Waals surface area contributed by atoms with Gasteiger partial charge in [0.25, 0.3) is 5.91 Å². The standard InChI is InChI=1S/C19H26N2O2/c1-13(2)16-9-7-15(8-10-16)12-21-17(22)19(20-18(21)23)11-5-4-6-14(19)3/h7-10,13-14H,4-6,11-12H2,1-3H3,(H,20,23). The fourth-order valence-electron chi connectivity index (χ4n) is 3.83. The lowest BCUT2D eigenvalue weighted by molar-refractivity contribution is -0.134. The quantitative estimate of drug-likeness (QED) is 0.862. The van der Waals surface area contributed by atoms with Crippen LogP contribution in [0.25, 0.3) is 0 Å². The minimum Gasteiger partial charge on any atom is -0.323 e. The van der Waals surface area contributed by atoms with E-state index >= 15 is 0 Å². The van der Waals surface area contributed by atoms with Crippen molar-refractivity contribution in [3.05, 3.63) is 35.4 Å². The molecule has 3 amide bonds. The van der Waals surface area contributed by atoms with Crippen LogP contribution in [0.2, 0.25) is 0 Å². The van der Waals surface area contributed by atoms with E-state index in [1.807, 2.05) is 12.1 Å². The molecule has 1 aliphatic heterocycles. The minimum atomic E-state index is -0.660. The molecule has 1 aromatic rings. The van der Waals surface area contributed by atoms with Gasteiger partial charge >= 0.3 is 6.03 Å². The summed E-state index contributed by atoms with van der Waals surface area (Å²) in [6, 6.07) is 7.96. The second kappa shape index (κ2) is 5.99. The van der Waals surface area contributed by atoms with Crippen LogP contribution >= 0.6 is 0 Å². The first kappa shape index (κ1) is 16.0. The summed E-state index contributed by atoms with van der Waals surface area (Å²) >= 11 is 0. The number of nitrogens with zero attached hydrogens (tertiary/aromatic N) is 1. The molecule has 1 heterocycles. The lowest BCUT2D eigenvalue weighted by Crippen LogP contribution is -2.53. The molecule has 1 saturated heterocycles. The molecule has 0 bridgehead atoms. The molecular formula is C19H26N2O2. The van der Waals surface area contributed by atoms with Crippen LogP contribution in [0.5, 0.6) is 0 Å². The Hall–Kier alpha value is -1.84. The third-order valence-electron chi connectivity index (χ3n) is 5.49. The summed E-state index contributed by atoms with van der Waals surface area (Å²) < 4.78 is 0. The van der Waals surface area contributed by atoms with Gasteiger partial charge in [-0.15, -0.1) is 0 Å². The first-order chi connectivity index (χ1) is 10.9. The van der Waals surface area contributed by atoms with Crippen LogP contribution in [0.4, 0.5) is 4.79 Å². The van der Waals surface area contributed by atoms with Crippen molar-refractivity contribution in [2.75, 3.05) is 0 Å². The highest BCUT2D eigenvalue weighted by atomic mass is 16.2. The summed E-state index contributed by atoms with van der Waals surface area (Å²) in [5.74, 6) is 0.649. The largest absolute Gasteiger partial charge is 0.325 e. The lowest BCUT2D eigenvalue weighted by Gasteiger charge is -2.36. The number of benzene rings is 1. The van der Waals surface area contributed by atoms with E-state index in [9.17, 15) is 9.59 Å². The number of hydrogen-bond donors (Lipinski definition) is 1. The zero-order valence-corrected chi connectivity index (χ0v) is 14.3. The topological polar surface area (TPSA) is 49.4 Å². The van der Waals surface area contributed by atoms with Crippen molar-refractivity contribution in [1.29, 1.82) is 0 Å². The molecule has 1 N–H and O–H groups in total. The summed E-state index contributed by atoms with van der Waals surface area (Å²) in [5.41, 5.74) is 1.61. The van der Waals surface area contributed by atoms with Gasteiger partial charge in [-0.3, -0.25) is 9.69 Å². The number of rotatable bonds is 3. The molecule has 2 unspecified atom stereocenters. The van der Waals surface area contributed by atoms with Gasteiger partial charge in [-0.1, -0.05) is 57.9 Å². The summed E-state index contributed by atoms with van der Waals surface area (Å²) in [7, 11) is 0. The zero-order chi connectivity index (χ0) is 16.6. The van der Waals surface area contributed by atoms with Crippen molar-refractivity contribution in [3.8, 4) is 0 Å². The molecule has 1 aromatic carbocycles. The molecule has 2 aliphatic rings. The van der Waals surface area contributed by atoms with Gasteiger partial charge < -0.3 is 5.32 Å². The molecule has 2 atom stereocenters. The van der Waals surface area contributed by atoms with E-state index in [1.54, 1.807) is 0 Å². The van der Waals surface area contributed by atoms with Crippen molar-refractivity contribution < 1.29 is 9.59 Å². The van der Waals surface area contributed by atoms with Crippen molar-refractivity contribution in [1.82, 2.24) is 10.2 Å². The van der Waals surface area contributed by atoms with Crippen molar-refractivity contribution >= 4 is 11.9 Å². The van der Waals surface area contributed by atoms with E-state index in [0.29, 0.717) is 12.5 Å². The highest BCUT2D eigenvalue weighted by Gasteiger charge is 2.54. The molecule has 23 heavy (non-hydrogen) atoms. The average Bonchev–Trinajstić information content (AvgIpc) is 2.76. The number of carbonyl (C=O) groups is 2. The molecule has 1 saturated carbocycles. The smallest absolute Gasteiger partial charge is 0.323 e. The Bertz CT molecular complexity index is 608. The summed E-state index contributed by atoms with van der Waals surface area (Å²) in [5, 5.41) is 3.01. The van der Waals surface area contributed by atoms with Gasteiger partial charge in [0.1, 0.15) is 5.54 Å². The molecule has 3 rings (SSSR count). The Morgan fingerprint density at radius 2 is 1.91 bits per heavy atom. The molecule has 1 aliphatic carbocycles. The van der Waals surface area contributed by atoms with E-state index in [2.05, 4.69) is 38.2 Å². The third kappa shape index (κ3) is 2.75. The Morgan fingerprint density at radius 3 is 2.52 bits per heavy atom. The first-order valence-electron chi connectivity index (χ1n) is 8.67. The van der Waals surface area contributed by atoms with Crippen LogP contribution in [0.15, 0.2) is 24.3 Å². The van der Waals surface area contributed by atoms with Gasteiger partial charge in [0, 0.05) is 0 Å². The highest BCUT2D eigenvalue weighted by Crippen LogP contribution is 2.38. The monoisotopic (exact) mass is 314 g/mol. The average molecular weight is 314 g/mol. The number of hydrogen-bond acceptors (Lipinski definition) is 2. The Morgan fingerprint density at radius 1 is 1.22 bits per heavy atom. The summed E-state index contributed by atoms with van der Waals surface area (Å²) in [4.78, 5) is 26.7. The fraction of sp³-hybridized carbons (Fsp3) is 0.579. The van der Waals surface area contributed by atoms with E-state index in [0.717, 1.165) is 31.2 Å². The van der Waals surface area contributed by atoms with E-state index in [4.69, 9.17) is 0 Å². The normalized spacial score (nSPS) is 27.8. The number of amides is 3. The lowest BCUT2D eigenvalue weighted by atomic mass is 9.73. The fourth-order valence-corrected chi connectivity index (χ4v) is 3.83. The van der Waals surface area contributed by atoms with E-state index < -0.39 is 5.54 Å². The minimum absolute atomic E-state index is 0.0392. The van der Waals surface area contributed by atoms with Gasteiger partial charge in [0.15, 0.2) is 0 Å². The Balaban J connectivity index is 1.78. The van der Waals surface area contributed by atoms with Crippen LogP contribution in [0.3, 0.4) is 0 Å². The number of nitrogens with one attached hydrogen (secondary N) is 1. The van der Waals surface area contributed by atoms with Crippen LogP contribution in [-0.4, -0.2) is 22.4 Å². The predicted octanol–water partition coefficient (Wildman–Crippen LogP) is 3.81. The van der Waals surface area contributed by atoms with Crippen LogP contribution in [0, 0.1) is 5.92 Å². The maximum Gasteiger partial charge on any atom is 0.325 e. The zero-order valence-electron chi connectivity index (χ0n) is 14.3. The summed E-state index contributed by atoms with van der Waals surface area (Å²) in [6.07, 6.45) is 3.92. The van der Waals surface area contributed by atoms with Crippen molar-refractivity contribution in [3.63, 3.8) is 0 Å². The molecule has 4 heteroatoms. The number of carbonyl (C=O) groups excluding carboxylic acids is 2. The second-order valence-corrected chi connectivity index (χ2v) is 7.34. The van der Waals surface area contributed by atoms with Gasteiger partial charge in [0.2, 0.25) is 0 Å². The van der Waals surface area contributed by atoms with Crippen LogP contribution < -0.4 is 5.32 Å². The Kier molecular flexibility index (Phi) is 4.17. The highest BCUT2D eigenvalue weighted by molar-refractivity contribution is 6.07. The SMILES string of the molecule is CC(C)c1ccc(CN2C(=O)NC3(CCCCC3C)C2=O)cc1. The van der Waals surface area contributed by atoms with Crippen LogP contribution in [0.1, 0.15) is 63.5 Å². The number of imide groups is 1. The molecular weight excluding hydrogens is 288 g/mol. The van der Waals surface area contributed by atoms with Gasteiger partial charge in [0.05, 0.1) is 6.54 Å². The predicted molar refractivity (Wildman–Crippen MR) is 90.0 cm³/mol. The van der Waals surface area contributed by atoms with Gasteiger partial charge in [-0.25, -0.2) is 4.79 Å². The third-order valence-corrected chi connectivity index (χ3v) is 5.49. The molecule has 1 spiro atoms. The van der Waals surface area contributed by atoms with E-state index in [-0.39, 0.29) is 17.9 Å². The first-order valence-corrected chi connectivity index (χ1v) is 8.67. The van der Waals surface area contributed by atoms with Crippen molar-refractivity contribution in [2.24, 2.45) is 5.92 Å². The maximum atomic E-state index is 12.9. The van der Waals surface area contributed by atoms with Gasteiger partial charge in [-0.05, 0) is 35.8 Å². The van der Waals surface area contributed by atoms with E-state index in [1.165, 1.54) is 10.5 Å².